The summed E-state index contributed by atoms with van der Waals surface area (Å²) < 4.78 is 4.81. The molecule has 0 saturated heterocycles. The Labute approximate surface area is 94.0 Å². The monoisotopic (exact) mass is 219 g/mol. The van der Waals surface area contributed by atoms with Crippen LogP contribution in [0, 0.1) is 0 Å². The van der Waals surface area contributed by atoms with Crippen molar-refractivity contribution in [1.82, 2.24) is 4.98 Å². The van der Waals surface area contributed by atoms with Crippen molar-refractivity contribution in [3.63, 3.8) is 0 Å². The second-order valence-electron chi connectivity index (χ2n) is 3.24. The lowest BCUT2D eigenvalue weighted by atomic mass is 10.2. The van der Waals surface area contributed by atoms with Crippen LogP contribution >= 0.6 is 0 Å². The van der Waals surface area contributed by atoms with Gasteiger partial charge in [-0.2, -0.15) is 0 Å². The molecule has 84 valence electrons. The Hall–Kier alpha value is -1.97. The third-order valence-corrected chi connectivity index (χ3v) is 1.75. The predicted molar refractivity (Wildman–Crippen MR) is 59.5 cm³/mol. The van der Waals surface area contributed by atoms with Gasteiger partial charge in [0.25, 0.3) is 0 Å². The van der Waals surface area contributed by atoms with Crippen LogP contribution in [-0.4, -0.2) is 23.3 Å². The van der Waals surface area contributed by atoms with Crippen molar-refractivity contribution < 1.29 is 14.3 Å². The lowest BCUT2D eigenvalue weighted by Gasteiger charge is -1.98. The average Bonchev–Trinajstić information content (AvgIpc) is 2.25. The highest BCUT2D eigenvalue weighted by Crippen LogP contribution is 1.99. The summed E-state index contributed by atoms with van der Waals surface area (Å²) in [5, 5.41) is 0. The topological polar surface area (TPSA) is 56.3 Å². The molecule has 4 nitrogen and oxygen atoms in total. The summed E-state index contributed by atoms with van der Waals surface area (Å²) in [4.78, 5) is 25.4. The number of esters is 1. The van der Waals surface area contributed by atoms with E-state index in [0.29, 0.717) is 0 Å². The molecule has 1 rings (SSSR count). The normalized spacial score (nSPS) is 10.3. The van der Waals surface area contributed by atoms with E-state index in [9.17, 15) is 9.59 Å². The number of carbonyl (C=O) groups is 2. The van der Waals surface area contributed by atoms with E-state index in [2.05, 4.69) is 4.98 Å². The van der Waals surface area contributed by atoms with Gasteiger partial charge in [-0.05, 0) is 30.7 Å². The van der Waals surface area contributed by atoms with Gasteiger partial charge in [-0.15, -0.1) is 0 Å². The number of nitrogens with zero attached hydrogens (tertiary/aromatic N) is 1. The summed E-state index contributed by atoms with van der Waals surface area (Å²) in [6, 6.07) is 3.68. The second-order valence-corrected chi connectivity index (χ2v) is 3.24. The number of rotatable bonds is 5. The molecule has 1 aromatic heterocycles. The zero-order chi connectivity index (χ0) is 11.8. The smallest absolute Gasteiger partial charge is 0.313 e. The van der Waals surface area contributed by atoms with E-state index in [0.717, 1.165) is 5.56 Å². The minimum atomic E-state index is -0.494. The van der Waals surface area contributed by atoms with Gasteiger partial charge in [0, 0.05) is 12.4 Å². The second kappa shape index (κ2) is 6.50. The number of carbonyl (C=O) groups excluding carboxylic acids is 2. The summed E-state index contributed by atoms with van der Waals surface area (Å²) in [5.41, 5.74) is 0.984. The fourth-order valence-corrected chi connectivity index (χ4v) is 1.05. The fourth-order valence-electron chi connectivity index (χ4n) is 1.05. The molecule has 1 heterocycles. The minimum absolute atomic E-state index is 0.164. The third-order valence-electron chi connectivity index (χ3n) is 1.75. The molecule has 0 fully saturated rings. The van der Waals surface area contributed by atoms with Crippen molar-refractivity contribution in [3.05, 3.63) is 36.2 Å². The van der Waals surface area contributed by atoms with E-state index in [-0.39, 0.29) is 18.8 Å². The maximum atomic E-state index is 11.0. The van der Waals surface area contributed by atoms with E-state index >= 15 is 0 Å². The van der Waals surface area contributed by atoms with Gasteiger partial charge in [-0.3, -0.25) is 14.6 Å². The largest absolute Gasteiger partial charge is 0.461 e. The molecule has 0 atom stereocenters. The van der Waals surface area contributed by atoms with Gasteiger partial charge in [0.15, 0.2) is 0 Å². The van der Waals surface area contributed by atoms with Gasteiger partial charge in [0.2, 0.25) is 0 Å². The van der Waals surface area contributed by atoms with Gasteiger partial charge in [0.1, 0.15) is 18.8 Å². The standard InChI is InChI=1S/C12H13NO3/c1-10(14)9-12(15)16-8-2-3-11-4-6-13-7-5-11/h2-7H,8-9H2,1H3/b3-2+. The first-order valence-electron chi connectivity index (χ1n) is 4.90. The molecule has 0 amide bonds. The molecule has 0 spiro atoms. The van der Waals surface area contributed by atoms with Crippen LogP contribution in [0.25, 0.3) is 6.08 Å². The molecule has 0 unspecified atom stereocenters. The zero-order valence-corrected chi connectivity index (χ0v) is 9.05. The highest BCUT2D eigenvalue weighted by Gasteiger charge is 2.04. The molecule has 0 saturated carbocycles. The summed E-state index contributed by atoms with van der Waals surface area (Å²) >= 11 is 0. The van der Waals surface area contributed by atoms with E-state index in [4.69, 9.17) is 4.74 Å². The zero-order valence-electron chi connectivity index (χ0n) is 9.05. The van der Waals surface area contributed by atoms with Crippen LogP contribution in [0.1, 0.15) is 18.9 Å². The molecule has 1 aromatic rings. The Morgan fingerprint density at radius 1 is 1.38 bits per heavy atom. The SMILES string of the molecule is CC(=O)CC(=O)OC/C=C/c1ccncc1. The Balaban J connectivity index is 2.28. The van der Waals surface area contributed by atoms with Gasteiger partial charge in [-0.25, -0.2) is 0 Å². The summed E-state index contributed by atoms with van der Waals surface area (Å²) in [6.07, 6.45) is 6.74. The summed E-state index contributed by atoms with van der Waals surface area (Å²) in [7, 11) is 0. The molecule has 0 aliphatic rings. The van der Waals surface area contributed by atoms with Crippen LogP contribution in [0.2, 0.25) is 0 Å². The number of ketones is 1. The Bertz CT molecular complexity index is 385. The van der Waals surface area contributed by atoms with Crippen LogP contribution in [0.3, 0.4) is 0 Å². The van der Waals surface area contributed by atoms with Crippen molar-refractivity contribution in [2.24, 2.45) is 0 Å². The molecule has 0 bridgehead atoms. The van der Waals surface area contributed by atoms with Crippen LogP contribution in [0.15, 0.2) is 30.6 Å². The third kappa shape index (κ3) is 5.05. The lowest BCUT2D eigenvalue weighted by molar-refractivity contribution is -0.144. The fraction of sp³-hybridized carbons (Fsp3) is 0.250. The van der Waals surface area contributed by atoms with Crippen molar-refractivity contribution in [3.8, 4) is 0 Å². The number of ether oxygens (including phenoxy) is 1. The van der Waals surface area contributed by atoms with Crippen LogP contribution < -0.4 is 0 Å². The van der Waals surface area contributed by atoms with E-state index < -0.39 is 5.97 Å². The van der Waals surface area contributed by atoms with Crippen molar-refractivity contribution in [2.45, 2.75) is 13.3 Å². The molecule has 0 radical (unpaired) electrons. The number of hydrogen-bond acceptors (Lipinski definition) is 4. The molecule has 16 heavy (non-hydrogen) atoms. The first kappa shape index (κ1) is 12.1. The maximum absolute atomic E-state index is 11.0. The molecule has 0 aliphatic heterocycles. The van der Waals surface area contributed by atoms with Gasteiger partial charge in [-0.1, -0.05) is 6.08 Å². The highest BCUT2D eigenvalue weighted by molar-refractivity contribution is 5.94. The Morgan fingerprint density at radius 2 is 2.06 bits per heavy atom. The number of aromatic nitrogens is 1. The maximum Gasteiger partial charge on any atom is 0.313 e. The van der Waals surface area contributed by atoms with Crippen molar-refractivity contribution in [1.29, 1.82) is 0 Å². The van der Waals surface area contributed by atoms with Gasteiger partial charge < -0.3 is 4.74 Å². The first-order valence-corrected chi connectivity index (χ1v) is 4.90. The minimum Gasteiger partial charge on any atom is -0.461 e. The van der Waals surface area contributed by atoms with Crippen LogP contribution in [0.4, 0.5) is 0 Å². The number of hydrogen-bond donors (Lipinski definition) is 0. The molecule has 0 aliphatic carbocycles. The molecule has 4 heteroatoms. The van der Waals surface area contributed by atoms with E-state index in [1.807, 2.05) is 18.2 Å². The highest BCUT2D eigenvalue weighted by atomic mass is 16.5. The van der Waals surface area contributed by atoms with Gasteiger partial charge in [0.05, 0.1) is 0 Å². The van der Waals surface area contributed by atoms with Crippen LogP contribution in [0.5, 0.6) is 0 Å². The van der Waals surface area contributed by atoms with Gasteiger partial charge >= 0.3 is 5.97 Å². The van der Waals surface area contributed by atoms with Crippen molar-refractivity contribution in [2.75, 3.05) is 6.61 Å². The van der Waals surface area contributed by atoms with Crippen molar-refractivity contribution >= 4 is 17.8 Å². The quantitative estimate of drug-likeness (QED) is 0.557. The lowest BCUT2D eigenvalue weighted by Crippen LogP contribution is -2.08. The molecule has 0 aromatic carbocycles. The Kier molecular flexibility index (Phi) is 4.92. The molecular formula is C12H13NO3. The molecular weight excluding hydrogens is 206 g/mol. The predicted octanol–water partition coefficient (Wildman–Crippen LogP) is 1.62. The first-order chi connectivity index (χ1) is 7.68. The van der Waals surface area contributed by atoms with E-state index in [1.54, 1.807) is 18.5 Å². The van der Waals surface area contributed by atoms with E-state index in [1.165, 1.54) is 6.92 Å². The summed E-state index contributed by atoms with van der Waals surface area (Å²) in [6.45, 7) is 1.53. The molecule has 0 N–H and O–H groups in total. The Morgan fingerprint density at radius 3 is 2.69 bits per heavy atom. The van der Waals surface area contributed by atoms with Crippen LogP contribution in [-0.2, 0) is 14.3 Å². The number of Topliss-reactive ketones (excluding diaryl/α,β-unsaturated/α-hetero) is 1. The summed E-state index contributed by atoms with van der Waals surface area (Å²) in [5.74, 6) is -0.685. The average molecular weight is 219 g/mol. The number of pyridine rings is 1.